The zero-order valence-electron chi connectivity index (χ0n) is 10.4. The lowest BCUT2D eigenvalue weighted by Gasteiger charge is -2.09. The van der Waals surface area contributed by atoms with E-state index in [0.717, 1.165) is 16.7 Å². The molecule has 1 fully saturated rings. The minimum atomic E-state index is -0.185. The molecule has 1 aliphatic rings. The quantitative estimate of drug-likeness (QED) is 0.896. The van der Waals surface area contributed by atoms with E-state index in [4.69, 9.17) is 0 Å². The predicted molar refractivity (Wildman–Crippen MR) is 68.5 cm³/mol. The average Bonchev–Trinajstić information content (AvgIpc) is 3.08. The van der Waals surface area contributed by atoms with E-state index in [1.807, 2.05) is 25.5 Å². The Morgan fingerprint density at radius 1 is 1.44 bits per heavy atom. The molecule has 0 spiro atoms. The molecule has 1 heterocycles. The number of benzene rings is 1. The summed E-state index contributed by atoms with van der Waals surface area (Å²) in [6.07, 6.45) is 6.23. The SMILES string of the molecule is Cn1cc(-c2ccc(F)cc2CNC2CC2)cn1. The molecule has 18 heavy (non-hydrogen) atoms. The highest BCUT2D eigenvalue weighted by Gasteiger charge is 2.20. The first-order valence-corrected chi connectivity index (χ1v) is 6.23. The predicted octanol–water partition coefficient (Wildman–Crippen LogP) is 2.48. The van der Waals surface area contributed by atoms with Gasteiger partial charge in [0, 0.05) is 31.4 Å². The summed E-state index contributed by atoms with van der Waals surface area (Å²) >= 11 is 0. The number of hydrogen-bond acceptors (Lipinski definition) is 2. The van der Waals surface area contributed by atoms with Crippen LogP contribution in [0.25, 0.3) is 11.1 Å². The number of aromatic nitrogens is 2. The standard InChI is InChI=1S/C14H16FN3/c1-18-9-11(8-17-18)14-5-2-12(15)6-10(14)7-16-13-3-4-13/h2,5-6,8-9,13,16H,3-4,7H2,1H3. The molecule has 3 nitrogen and oxygen atoms in total. The van der Waals surface area contributed by atoms with Crippen molar-refractivity contribution in [2.45, 2.75) is 25.4 Å². The Labute approximate surface area is 106 Å². The van der Waals surface area contributed by atoms with Crippen molar-refractivity contribution in [2.75, 3.05) is 0 Å². The second-order valence-electron chi connectivity index (χ2n) is 4.86. The molecule has 94 valence electrons. The summed E-state index contributed by atoms with van der Waals surface area (Å²) in [6, 6.07) is 5.56. The fourth-order valence-electron chi connectivity index (χ4n) is 2.09. The maximum absolute atomic E-state index is 13.4. The smallest absolute Gasteiger partial charge is 0.123 e. The molecule has 1 aromatic carbocycles. The first-order valence-electron chi connectivity index (χ1n) is 6.23. The Morgan fingerprint density at radius 3 is 2.94 bits per heavy atom. The van der Waals surface area contributed by atoms with Gasteiger partial charge in [-0.3, -0.25) is 4.68 Å². The van der Waals surface area contributed by atoms with Crippen LogP contribution in [0.1, 0.15) is 18.4 Å². The Bertz CT molecular complexity index is 558. The van der Waals surface area contributed by atoms with E-state index < -0.39 is 0 Å². The van der Waals surface area contributed by atoms with E-state index in [9.17, 15) is 4.39 Å². The van der Waals surface area contributed by atoms with Crippen LogP contribution in [0, 0.1) is 5.82 Å². The van der Waals surface area contributed by atoms with Crippen LogP contribution in [0.5, 0.6) is 0 Å². The van der Waals surface area contributed by atoms with Gasteiger partial charge in [-0.2, -0.15) is 5.10 Å². The highest BCUT2D eigenvalue weighted by Crippen LogP contribution is 2.26. The molecule has 3 rings (SSSR count). The molecule has 2 aromatic rings. The summed E-state index contributed by atoms with van der Waals surface area (Å²) in [5.41, 5.74) is 3.08. The van der Waals surface area contributed by atoms with Gasteiger partial charge in [0.2, 0.25) is 0 Å². The lowest BCUT2D eigenvalue weighted by atomic mass is 10.0. The summed E-state index contributed by atoms with van der Waals surface area (Å²) < 4.78 is 15.1. The number of nitrogens with zero attached hydrogens (tertiary/aromatic N) is 2. The lowest BCUT2D eigenvalue weighted by molar-refractivity contribution is 0.620. The van der Waals surface area contributed by atoms with E-state index in [1.54, 1.807) is 10.7 Å². The van der Waals surface area contributed by atoms with Crippen LogP contribution in [0.3, 0.4) is 0 Å². The summed E-state index contributed by atoms with van der Waals surface area (Å²) in [7, 11) is 1.88. The van der Waals surface area contributed by atoms with Crippen LogP contribution in [0.4, 0.5) is 4.39 Å². The monoisotopic (exact) mass is 245 g/mol. The van der Waals surface area contributed by atoms with Gasteiger partial charge in [0.1, 0.15) is 5.82 Å². The Morgan fingerprint density at radius 2 is 2.28 bits per heavy atom. The van der Waals surface area contributed by atoms with Gasteiger partial charge >= 0.3 is 0 Å². The van der Waals surface area contributed by atoms with Crippen LogP contribution >= 0.6 is 0 Å². The van der Waals surface area contributed by atoms with E-state index in [0.29, 0.717) is 12.6 Å². The molecule has 1 N–H and O–H groups in total. The highest BCUT2D eigenvalue weighted by molar-refractivity contribution is 5.66. The number of rotatable bonds is 4. The first-order chi connectivity index (χ1) is 8.72. The normalized spacial score (nSPS) is 15.0. The molecular formula is C14H16FN3. The fraction of sp³-hybridized carbons (Fsp3) is 0.357. The molecule has 0 amide bonds. The highest BCUT2D eigenvalue weighted by atomic mass is 19.1. The molecule has 0 unspecified atom stereocenters. The van der Waals surface area contributed by atoms with Crippen molar-refractivity contribution in [3.05, 3.63) is 42.0 Å². The van der Waals surface area contributed by atoms with Gasteiger partial charge in [-0.1, -0.05) is 6.07 Å². The molecule has 1 saturated carbocycles. The Balaban J connectivity index is 1.91. The van der Waals surface area contributed by atoms with Crippen LogP contribution < -0.4 is 5.32 Å². The number of aryl methyl sites for hydroxylation is 1. The third-order valence-corrected chi connectivity index (χ3v) is 3.24. The molecule has 0 bridgehead atoms. The summed E-state index contributed by atoms with van der Waals surface area (Å²) in [4.78, 5) is 0. The van der Waals surface area contributed by atoms with Gasteiger partial charge in [-0.15, -0.1) is 0 Å². The van der Waals surface area contributed by atoms with Crippen LogP contribution in [0.15, 0.2) is 30.6 Å². The van der Waals surface area contributed by atoms with Crippen LogP contribution in [-0.4, -0.2) is 15.8 Å². The van der Waals surface area contributed by atoms with Gasteiger partial charge in [-0.25, -0.2) is 4.39 Å². The van der Waals surface area contributed by atoms with Crippen LogP contribution in [-0.2, 0) is 13.6 Å². The second-order valence-corrected chi connectivity index (χ2v) is 4.86. The lowest BCUT2D eigenvalue weighted by Crippen LogP contribution is -2.16. The van der Waals surface area contributed by atoms with Gasteiger partial charge in [0.05, 0.1) is 6.20 Å². The zero-order valence-corrected chi connectivity index (χ0v) is 10.4. The second kappa shape index (κ2) is 4.53. The topological polar surface area (TPSA) is 29.9 Å². The van der Waals surface area contributed by atoms with Gasteiger partial charge in [-0.05, 0) is 36.1 Å². The Hall–Kier alpha value is -1.68. The molecule has 4 heteroatoms. The molecule has 1 aromatic heterocycles. The van der Waals surface area contributed by atoms with Crippen molar-refractivity contribution < 1.29 is 4.39 Å². The van der Waals surface area contributed by atoms with Crippen molar-refractivity contribution in [3.8, 4) is 11.1 Å². The van der Waals surface area contributed by atoms with E-state index in [2.05, 4.69) is 10.4 Å². The van der Waals surface area contributed by atoms with Gasteiger partial charge in [0.25, 0.3) is 0 Å². The summed E-state index contributed by atoms with van der Waals surface area (Å²) in [6.45, 7) is 0.715. The van der Waals surface area contributed by atoms with Crippen molar-refractivity contribution >= 4 is 0 Å². The minimum absolute atomic E-state index is 0.185. The first kappa shape index (κ1) is 11.4. The zero-order chi connectivity index (χ0) is 12.5. The number of hydrogen-bond donors (Lipinski definition) is 1. The maximum atomic E-state index is 13.4. The molecule has 0 saturated heterocycles. The van der Waals surface area contributed by atoms with Gasteiger partial charge in [0.15, 0.2) is 0 Å². The van der Waals surface area contributed by atoms with Crippen molar-refractivity contribution in [2.24, 2.45) is 7.05 Å². The van der Waals surface area contributed by atoms with Crippen molar-refractivity contribution in [1.29, 1.82) is 0 Å². The van der Waals surface area contributed by atoms with Crippen molar-refractivity contribution in [1.82, 2.24) is 15.1 Å². The molecule has 0 aliphatic heterocycles. The number of halogens is 1. The largest absolute Gasteiger partial charge is 0.310 e. The summed E-state index contributed by atoms with van der Waals surface area (Å²) in [5, 5.41) is 7.59. The van der Waals surface area contributed by atoms with Crippen molar-refractivity contribution in [3.63, 3.8) is 0 Å². The number of nitrogens with one attached hydrogen (secondary N) is 1. The molecule has 1 aliphatic carbocycles. The fourth-order valence-corrected chi connectivity index (χ4v) is 2.09. The Kier molecular flexibility index (Phi) is 2.88. The third kappa shape index (κ3) is 2.43. The van der Waals surface area contributed by atoms with E-state index >= 15 is 0 Å². The third-order valence-electron chi connectivity index (χ3n) is 3.24. The maximum Gasteiger partial charge on any atom is 0.123 e. The molecular weight excluding hydrogens is 229 g/mol. The average molecular weight is 245 g/mol. The van der Waals surface area contributed by atoms with Crippen LogP contribution in [0.2, 0.25) is 0 Å². The van der Waals surface area contributed by atoms with Gasteiger partial charge < -0.3 is 5.32 Å². The van der Waals surface area contributed by atoms with E-state index in [1.165, 1.54) is 18.9 Å². The minimum Gasteiger partial charge on any atom is -0.310 e. The molecule has 0 atom stereocenters. The summed E-state index contributed by atoms with van der Waals surface area (Å²) in [5.74, 6) is -0.185. The molecule has 0 radical (unpaired) electrons. The van der Waals surface area contributed by atoms with E-state index in [-0.39, 0.29) is 5.82 Å².